The van der Waals surface area contributed by atoms with Crippen molar-refractivity contribution in [2.75, 3.05) is 12.8 Å². The summed E-state index contributed by atoms with van der Waals surface area (Å²) in [6.07, 6.45) is 0. The average molecular weight is 292 g/mol. The molecule has 0 aliphatic heterocycles. The van der Waals surface area contributed by atoms with E-state index in [9.17, 15) is 4.79 Å². The van der Waals surface area contributed by atoms with Gasteiger partial charge in [0.05, 0.1) is 13.0 Å². The Morgan fingerprint density at radius 3 is 2.35 bits per heavy atom. The van der Waals surface area contributed by atoms with Crippen molar-refractivity contribution in [2.45, 2.75) is 12.8 Å². The molecule has 0 amide bonds. The molecule has 0 heterocycles. The minimum Gasteiger partial charge on any atom is -0.469 e. The summed E-state index contributed by atoms with van der Waals surface area (Å²) in [4.78, 5) is 11.6. The third-order valence-electron chi connectivity index (χ3n) is 3.25. The first-order valence-electron chi connectivity index (χ1n) is 6.16. The van der Waals surface area contributed by atoms with Crippen LogP contribution in [0.2, 0.25) is 0 Å². The molecule has 2 rings (SSSR count). The van der Waals surface area contributed by atoms with E-state index in [0.29, 0.717) is 5.69 Å². The second kappa shape index (κ2) is 6.96. The fraction of sp³-hybridized carbons (Fsp3) is 0.188. The van der Waals surface area contributed by atoms with Crippen molar-refractivity contribution in [3.8, 4) is 11.1 Å². The maximum atomic E-state index is 11.6. The van der Waals surface area contributed by atoms with Crippen molar-refractivity contribution in [1.82, 2.24) is 0 Å². The number of nitrogens with two attached hydrogens (primary N) is 1. The highest BCUT2D eigenvalue weighted by Crippen LogP contribution is 2.32. The molecule has 1 unspecified atom stereocenters. The number of benzene rings is 2. The predicted octanol–water partition coefficient (Wildman–Crippen LogP) is 3.63. The number of para-hydroxylation sites is 1. The van der Waals surface area contributed by atoms with E-state index < -0.39 is 0 Å². The topological polar surface area (TPSA) is 52.3 Å². The largest absolute Gasteiger partial charge is 0.469 e. The lowest BCUT2D eigenvalue weighted by molar-refractivity contribution is -0.141. The van der Waals surface area contributed by atoms with Crippen LogP contribution >= 0.6 is 12.4 Å². The summed E-state index contributed by atoms with van der Waals surface area (Å²) in [5.41, 5.74) is 9.61. The third-order valence-corrected chi connectivity index (χ3v) is 3.25. The van der Waals surface area contributed by atoms with Crippen molar-refractivity contribution in [2.24, 2.45) is 0 Å². The number of esters is 1. The normalized spacial score (nSPS) is 11.3. The first-order valence-corrected chi connectivity index (χ1v) is 6.16. The zero-order chi connectivity index (χ0) is 13.8. The molecule has 0 spiro atoms. The van der Waals surface area contributed by atoms with Crippen LogP contribution in [0.5, 0.6) is 0 Å². The molecule has 4 heteroatoms. The van der Waals surface area contributed by atoms with Gasteiger partial charge in [0.1, 0.15) is 0 Å². The fourth-order valence-electron chi connectivity index (χ4n) is 2.13. The van der Waals surface area contributed by atoms with Crippen molar-refractivity contribution in [3.63, 3.8) is 0 Å². The predicted molar refractivity (Wildman–Crippen MR) is 84.0 cm³/mol. The van der Waals surface area contributed by atoms with Crippen LogP contribution in [0.15, 0.2) is 48.5 Å². The lowest BCUT2D eigenvalue weighted by atomic mass is 9.93. The Morgan fingerprint density at radius 2 is 1.75 bits per heavy atom. The smallest absolute Gasteiger partial charge is 0.312 e. The molecule has 0 radical (unpaired) electrons. The number of anilines is 1. The molecule has 2 aromatic carbocycles. The summed E-state index contributed by atoms with van der Waals surface area (Å²) < 4.78 is 4.77. The second-order valence-electron chi connectivity index (χ2n) is 4.42. The highest BCUT2D eigenvalue weighted by molar-refractivity contribution is 5.85. The summed E-state index contributed by atoms with van der Waals surface area (Å²) in [7, 11) is 1.38. The Labute approximate surface area is 125 Å². The van der Waals surface area contributed by atoms with Gasteiger partial charge >= 0.3 is 5.97 Å². The maximum absolute atomic E-state index is 11.6. The summed E-state index contributed by atoms with van der Waals surface area (Å²) in [5.74, 6) is -0.648. The number of halogens is 1. The molecule has 2 N–H and O–H groups in total. The quantitative estimate of drug-likeness (QED) is 0.694. The van der Waals surface area contributed by atoms with E-state index >= 15 is 0 Å². The van der Waals surface area contributed by atoms with E-state index in [1.165, 1.54) is 7.11 Å². The van der Waals surface area contributed by atoms with Gasteiger partial charge in [0, 0.05) is 11.3 Å². The Kier molecular flexibility index (Phi) is 5.59. The van der Waals surface area contributed by atoms with E-state index in [2.05, 4.69) is 0 Å². The molecule has 0 aliphatic carbocycles. The van der Waals surface area contributed by atoms with Crippen LogP contribution in [0, 0.1) is 0 Å². The van der Waals surface area contributed by atoms with Gasteiger partial charge in [-0.15, -0.1) is 12.4 Å². The first-order chi connectivity index (χ1) is 9.15. The van der Waals surface area contributed by atoms with E-state index in [4.69, 9.17) is 10.5 Å². The number of ether oxygens (including phenoxy) is 1. The molecule has 0 saturated carbocycles. The summed E-state index contributed by atoms with van der Waals surface area (Å²) in [6.45, 7) is 1.80. The van der Waals surface area contributed by atoms with Crippen molar-refractivity contribution < 1.29 is 9.53 Å². The summed E-state index contributed by atoms with van der Waals surface area (Å²) in [6, 6.07) is 15.6. The van der Waals surface area contributed by atoms with Crippen molar-refractivity contribution in [1.29, 1.82) is 0 Å². The van der Waals surface area contributed by atoms with Crippen LogP contribution < -0.4 is 5.73 Å². The van der Waals surface area contributed by atoms with Gasteiger partial charge in [0.15, 0.2) is 0 Å². The molecule has 106 valence electrons. The van der Waals surface area contributed by atoms with Crippen LogP contribution in [0.3, 0.4) is 0 Å². The van der Waals surface area contributed by atoms with Gasteiger partial charge in [-0.3, -0.25) is 4.79 Å². The summed E-state index contributed by atoms with van der Waals surface area (Å²) in [5, 5.41) is 0. The second-order valence-corrected chi connectivity index (χ2v) is 4.42. The van der Waals surface area contributed by atoms with E-state index in [0.717, 1.165) is 16.7 Å². The number of carbonyl (C=O) groups excluding carboxylic acids is 1. The van der Waals surface area contributed by atoms with Gasteiger partial charge in [-0.1, -0.05) is 48.5 Å². The van der Waals surface area contributed by atoms with Crippen LogP contribution in [-0.4, -0.2) is 13.1 Å². The molecule has 20 heavy (non-hydrogen) atoms. The first kappa shape index (κ1) is 16.1. The average Bonchev–Trinajstić information content (AvgIpc) is 2.47. The zero-order valence-corrected chi connectivity index (χ0v) is 12.3. The minimum atomic E-state index is -0.367. The molecular weight excluding hydrogens is 274 g/mol. The van der Waals surface area contributed by atoms with E-state index in [-0.39, 0.29) is 24.3 Å². The molecular formula is C16H18ClNO2. The third kappa shape index (κ3) is 3.11. The summed E-state index contributed by atoms with van der Waals surface area (Å²) >= 11 is 0. The molecule has 2 aromatic rings. The van der Waals surface area contributed by atoms with E-state index in [1.807, 2.05) is 48.5 Å². The number of rotatable bonds is 3. The van der Waals surface area contributed by atoms with Gasteiger partial charge in [0.25, 0.3) is 0 Å². The van der Waals surface area contributed by atoms with Crippen LogP contribution in [-0.2, 0) is 9.53 Å². The zero-order valence-electron chi connectivity index (χ0n) is 11.5. The molecule has 0 aliphatic rings. The fourth-order valence-corrected chi connectivity index (χ4v) is 2.13. The lowest BCUT2D eigenvalue weighted by Gasteiger charge is -2.15. The minimum absolute atomic E-state index is 0. The lowest BCUT2D eigenvalue weighted by Crippen LogP contribution is -2.13. The van der Waals surface area contributed by atoms with E-state index in [1.54, 1.807) is 6.92 Å². The standard InChI is InChI=1S/C16H17NO2.ClH/c1-11(16(18)19-2)13-9-6-10-14(15(13)17)12-7-4-3-5-8-12;/h3-11H,17H2,1-2H3;1H. The monoisotopic (exact) mass is 291 g/mol. The van der Waals surface area contributed by atoms with Gasteiger partial charge in [0.2, 0.25) is 0 Å². The molecule has 0 bridgehead atoms. The van der Waals surface area contributed by atoms with Crippen LogP contribution in [0.1, 0.15) is 18.4 Å². The van der Waals surface area contributed by atoms with Gasteiger partial charge < -0.3 is 10.5 Å². The Balaban J connectivity index is 0.00000200. The van der Waals surface area contributed by atoms with Crippen LogP contribution in [0.4, 0.5) is 5.69 Å². The number of methoxy groups -OCH3 is 1. The Morgan fingerprint density at radius 1 is 1.10 bits per heavy atom. The van der Waals surface area contributed by atoms with Gasteiger partial charge in [-0.25, -0.2) is 0 Å². The van der Waals surface area contributed by atoms with Crippen LogP contribution in [0.25, 0.3) is 11.1 Å². The highest BCUT2D eigenvalue weighted by Gasteiger charge is 2.19. The highest BCUT2D eigenvalue weighted by atomic mass is 35.5. The molecule has 0 saturated heterocycles. The number of hydrogen-bond donors (Lipinski definition) is 1. The van der Waals surface area contributed by atoms with Gasteiger partial charge in [-0.2, -0.15) is 0 Å². The molecule has 0 aromatic heterocycles. The number of carbonyl (C=O) groups is 1. The Bertz CT molecular complexity index is 584. The maximum Gasteiger partial charge on any atom is 0.312 e. The van der Waals surface area contributed by atoms with Gasteiger partial charge in [-0.05, 0) is 18.1 Å². The molecule has 1 atom stereocenters. The number of hydrogen-bond acceptors (Lipinski definition) is 3. The van der Waals surface area contributed by atoms with Crippen molar-refractivity contribution in [3.05, 3.63) is 54.1 Å². The molecule has 3 nitrogen and oxygen atoms in total. The Hall–Kier alpha value is -2.00. The number of nitrogen functional groups attached to an aromatic ring is 1. The van der Waals surface area contributed by atoms with Crippen molar-refractivity contribution >= 4 is 24.1 Å². The molecule has 0 fully saturated rings. The SMILES string of the molecule is COC(=O)C(C)c1cccc(-c2ccccc2)c1N.Cl.